The van der Waals surface area contributed by atoms with Gasteiger partial charge in [0.2, 0.25) is 0 Å². The number of urea groups is 1. The quantitative estimate of drug-likeness (QED) is 0.872. The number of hydrogen-bond acceptors (Lipinski definition) is 2. The summed E-state index contributed by atoms with van der Waals surface area (Å²) in [7, 11) is 0. The molecular weight excluding hydrogens is 309 g/mol. The van der Waals surface area contributed by atoms with Crippen molar-refractivity contribution in [3.8, 4) is 5.75 Å². The molecule has 0 bridgehead atoms. The Hall–Kier alpha value is -2.70. The first-order valence-corrected chi connectivity index (χ1v) is 6.82. The summed E-state index contributed by atoms with van der Waals surface area (Å²) in [5.41, 5.74) is 0.810. The van der Waals surface area contributed by atoms with Gasteiger partial charge in [-0.3, -0.25) is 0 Å². The van der Waals surface area contributed by atoms with Crippen molar-refractivity contribution in [1.82, 2.24) is 5.32 Å². The van der Waals surface area contributed by atoms with Crippen molar-refractivity contribution >= 4 is 11.7 Å². The number of nitrogens with one attached hydrogen (secondary N) is 2. The number of rotatable bonds is 4. The van der Waals surface area contributed by atoms with Crippen molar-refractivity contribution in [3.05, 3.63) is 60.2 Å². The van der Waals surface area contributed by atoms with Crippen molar-refractivity contribution in [2.45, 2.75) is 19.3 Å². The number of ether oxygens (including phenoxy) is 1. The Morgan fingerprint density at radius 3 is 2.30 bits per heavy atom. The number of benzene rings is 2. The molecule has 2 N–H and O–H groups in total. The molecule has 7 heteroatoms. The van der Waals surface area contributed by atoms with Crippen LogP contribution in [0.15, 0.2) is 54.6 Å². The molecule has 0 unspecified atom stereocenters. The number of carbonyl (C=O) groups is 1. The Morgan fingerprint density at radius 2 is 1.65 bits per heavy atom. The molecule has 122 valence electrons. The van der Waals surface area contributed by atoms with E-state index in [2.05, 4.69) is 15.4 Å². The van der Waals surface area contributed by atoms with Crippen molar-refractivity contribution < 1.29 is 22.7 Å². The number of alkyl halides is 3. The highest BCUT2D eigenvalue weighted by atomic mass is 19.4. The number of hydrogen-bond donors (Lipinski definition) is 2. The third-order valence-electron chi connectivity index (χ3n) is 3.01. The standard InChI is InChI=1S/C16H15F3N2O2/c1-11(12-7-3-2-4-8-12)20-15(22)21-13-9-5-6-10-14(13)23-16(17,18)19/h2-11H,1H3,(H2,20,21,22)/t11-/m0/s1. The molecule has 4 nitrogen and oxygen atoms in total. The van der Waals surface area contributed by atoms with E-state index in [1.165, 1.54) is 18.2 Å². The van der Waals surface area contributed by atoms with Gasteiger partial charge in [-0.2, -0.15) is 0 Å². The lowest BCUT2D eigenvalue weighted by Gasteiger charge is -2.17. The van der Waals surface area contributed by atoms with Crippen LogP contribution < -0.4 is 15.4 Å². The molecule has 0 saturated carbocycles. The smallest absolute Gasteiger partial charge is 0.404 e. The maximum Gasteiger partial charge on any atom is 0.573 e. The first-order valence-electron chi connectivity index (χ1n) is 6.82. The van der Waals surface area contributed by atoms with Crippen LogP contribution >= 0.6 is 0 Å². The van der Waals surface area contributed by atoms with E-state index in [0.29, 0.717) is 0 Å². The van der Waals surface area contributed by atoms with Gasteiger partial charge in [0.1, 0.15) is 0 Å². The van der Waals surface area contributed by atoms with Crippen molar-refractivity contribution in [2.75, 3.05) is 5.32 Å². The molecular formula is C16H15F3N2O2. The van der Waals surface area contributed by atoms with Gasteiger partial charge in [-0.25, -0.2) is 4.79 Å². The van der Waals surface area contributed by atoms with Gasteiger partial charge in [0.15, 0.2) is 5.75 Å². The average Bonchev–Trinajstić information content (AvgIpc) is 2.48. The van der Waals surface area contributed by atoms with Crippen LogP contribution in [0.1, 0.15) is 18.5 Å². The molecule has 23 heavy (non-hydrogen) atoms. The maximum atomic E-state index is 12.3. The van der Waals surface area contributed by atoms with E-state index >= 15 is 0 Å². The van der Waals surface area contributed by atoms with E-state index in [-0.39, 0.29) is 11.7 Å². The van der Waals surface area contributed by atoms with Crippen LogP contribution in [0.5, 0.6) is 5.75 Å². The Bertz CT molecular complexity index is 660. The lowest BCUT2D eigenvalue weighted by atomic mass is 10.1. The summed E-state index contributed by atoms with van der Waals surface area (Å²) in [5, 5.41) is 5.01. The van der Waals surface area contributed by atoms with E-state index in [4.69, 9.17) is 0 Å². The van der Waals surface area contributed by atoms with Crippen LogP contribution in [-0.2, 0) is 0 Å². The maximum absolute atomic E-state index is 12.3. The molecule has 0 aliphatic rings. The summed E-state index contributed by atoms with van der Waals surface area (Å²) in [4.78, 5) is 12.0. The van der Waals surface area contributed by atoms with E-state index in [9.17, 15) is 18.0 Å². The number of para-hydroxylation sites is 2. The summed E-state index contributed by atoms with van der Waals surface area (Å²) in [6.45, 7) is 1.77. The third kappa shape index (κ3) is 5.21. The second-order valence-electron chi connectivity index (χ2n) is 4.77. The molecule has 0 heterocycles. The first-order chi connectivity index (χ1) is 10.8. The molecule has 2 aromatic carbocycles. The van der Waals surface area contributed by atoms with Gasteiger partial charge >= 0.3 is 12.4 Å². The van der Waals surface area contributed by atoms with Gasteiger partial charge in [-0.1, -0.05) is 42.5 Å². The zero-order chi connectivity index (χ0) is 16.9. The Labute approximate surface area is 131 Å². The van der Waals surface area contributed by atoms with Gasteiger partial charge in [-0.05, 0) is 24.6 Å². The van der Waals surface area contributed by atoms with Crippen LogP contribution in [0.3, 0.4) is 0 Å². The number of carbonyl (C=O) groups excluding carboxylic acids is 1. The van der Waals surface area contributed by atoms with Crippen LogP contribution in [0.25, 0.3) is 0 Å². The highest BCUT2D eigenvalue weighted by Crippen LogP contribution is 2.29. The molecule has 0 fully saturated rings. The minimum atomic E-state index is -4.83. The van der Waals surface area contributed by atoms with E-state index in [1.54, 1.807) is 6.92 Å². The van der Waals surface area contributed by atoms with E-state index in [1.807, 2.05) is 30.3 Å². The van der Waals surface area contributed by atoms with E-state index < -0.39 is 18.1 Å². The van der Waals surface area contributed by atoms with Gasteiger partial charge in [0.25, 0.3) is 0 Å². The monoisotopic (exact) mass is 324 g/mol. The van der Waals surface area contributed by atoms with E-state index in [0.717, 1.165) is 11.6 Å². The number of halogens is 3. The number of amides is 2. The Kier molecular flexibility index (Phi) is 5.10. The van der Waals surface area contributed by atoms with Crippen LogP contribution in [0.2, 0.25) is 0 Å². The largest absolute Gasteiger partial charge is 0.573 e. The first kappa shape index (κ1) is 16.7. The van der Waals surface area contributed by atoms with Crippen LogP contribution in [-0.4, -0.2) is 12.4 Å². The van der Waals surface area contributed by atoms with Crippen molar-refractivity contribution in [1.29, 1.82) is 0 Å². The zero-order valence-electron chi connectivity index (χ0n) is 12.2. The molecule has 1 atom stereocenters. The van der Waals surface area contributed by atoms with Crippen molar-refractivity contribution in [2.24, 2.45) is 0 Å². The third-order valence-corrected chi connectivity index (χ3v) is 3.01. The Morgan fingerprint density at radius 1 is 1.04 bits per heavy atom. The van der Waals surface area contributed by atoms with Gasteiger partial charge < -0.3 is 15.4 Å². The highest BCUT2D eigenvalue weighted by Gasteiger charge is 2.32. The molecule has 2 amide bonds. The van der Waals surface area contributed by atoms with Crippen LogP contribution in [0.4, 0.5) is 23.7 Å². The fourth-order valence-electron chi connectivity index (χ4n) is 1.96. The normalized spacial score (nSPS) is 12.3. The fourth-order valence-corrected chi connectivity index (χ4v) is 1.96. The molecule has 0 aliphatic carbocycles. The summed E-state index contributed by atoms with van der Waals surface area (Å²) < 4.78 is 40.9. The molecule has 0 radical (unpaired) electrons. The summed E-state index contributed by atoms with van der Waals surface area (Å²) >= 11 is 0. The predicted molar refractivity (Wildman–Crippen MR) is 80.1 cm³/mol. The molecule has 2 aromatic rings. The lowest BCUT2D eigenvalue weighted by Crippen LogP contribution is -2.31. The second kappa shape index (κ2) is 7.04. The Balaban J connectivity index is 2.03. The average molecular weight is 324 g/mol. The summed E-state index contributed by atoms with van der Waals surface area (Å²) in [6, 6.07) is 13.6. The summed E-state index contributed by atoms with van der Waals surface area (Å²) in [5.74, 6) is -0.470. The molecule has 0 aromatic heterocycles. The predicted octanol–water partition coefficient (Wildman–Crippen LogP) is 4.47. The second-order valence-corrected chi connectivity index (χ2v) is 4.77. The van der Waals surface area contributed by atoms with Gasteiger partial charge in [0, 0.05) is 0 Å². The van der Waals surface area contributed by atoms with Crippen molar-refractivity contribution in [3.63, 3.8) is 0 Å². The molecule has 0 aliphatic heterocycles. The van der Waals surface area contributed by atoms with Gasteiger partial charge in [0.05, 0.1) is 11.7 Å². The molecule has 0 spiro atoms. The van der Waals surface area contributed by atoms with Crippen LogP contribution in [0, 0.1) is 0 Å². The minimum absolute atomic E-state index is 0.0670. The molecule has 2 rings (SSSR count). The number of anilines is 1. The summed E-state index contributed by atoms with van der Waals surface area (Å²) in [6.07, 6.45) is -4.83. The lowest BCUT2D eigenvalue weighted by molar-refractivity contribution is -0.274. The topological polar surface area (TPSA) is 50.4 Å². The zero-order valence-corrected chi connectivity index (χ0v) is 12.2. The highest BCUT2D eigenvalue weighted by molar-refractivity contribution is 5.91. The minimum Gasteiger partial charge on any atom is -0.404 e. The molecule has 0 saturated heterocycles. The SMILES string of the molecule is C[C@H](NC(=O)Nc1ccccc1OC(F)(F)F)c1ccccc1. The van der Waals surface area contributed by atoms with Gasteiger partial charge in [-0.15, -0.1) is 13.2 Å². The fraction of sp³-hybridized carbons (Fsp3) is 0.188.